The van der Waals surface area contributed by atoms with Gasteiger partial charge >= 0.3 is 0 Å². The number of benzene rings is 2. The van der Waals surface area contributed by atoms with Crippen LogP contribution in [0.2, 0.25) is 0 Å². The second-order valence-corrected chi connectivity index (χ2v) is 6.70. The molecule has 1 aliphatic heterocycles. The first kappa shape index (κ1) is 16.5. The van der Waals surface area contributed by atoms with Gasteiger partial charge in [-0.1, -0.05) is 42.0 Å². The lowest BCUT2D eigenvalue weighted by atomic mass is 9.90. The second-order valence-electron chi connectivity index (χ2n) is 6.70. The van der Waals surface area contributed by atoms with Gasteiger partial charge in [-0.25, -0.2) is 0 Å². The predicted molar refractivity (Wildman–Crippen MR) is 103 cm³/mol. The molecule has 1 aliphatic carbocycles. The molecule has 0 bridgehead atoms. The van der Waals surface area contributed by atoms with Crippen molar-refractivity contribution in [2.45, 2.75) is 19.5 Å². The average molecular weight is 346 g/mol. The first-order valence-electron chi connectivity index (χ1n) is 8.84. The standard InChI is InChI=1S/C22H22N2O2/c1-15-7-9-16(10-8-15)21-23-20-6-4-3-5-19(20)22(25)24(21)17-11-13-18(26-2)14-12-17/h3-4,6-14,19,21,23H,5H2,1-2H3. The number of carbonyl (C=O) groups excluding carboxylic acids is 1. The highest BCUT2D eigenvalue weighted by Crippen LogP contribution is 2.37. The third-order valence-electron chi connectivity index (χ3n) is 5.00. The largest absolute Gasteiger partial charge is 0.497 e. The number of nitrogens with zero attached hydrogens (tertiary/aromatic N) is 1. The van der Waals surface area contributed by atoms with Crippen molar-refractivity contribution in [3.05, 3.63) is 83.6 Å². The van der Waals surface area contributed by atoms with Crippen molar-refractivity contribution in [1.29, 1.82) is 0 Å². The van der Waals surface area contributed by atoms with Gasteiger partial charge in [0.2, 0.25) is 5.91 Å². The number of hydrogen-bond acceptors (Lipinski definition) is 3. The van der Waals surface area contributed by atoms with E-state index in [1.54, 1.807) is 7.11 Å². The molecule has 1 fully saturated rings. The van der Waals surface area contributed by atoms with Crippen LogP contribution in [0.1, 0.15) is 23.7 Å². The van der Waals surface area contributed by atoms with Crippen LogP contribution in [0.5, 0.6) is 5.75 Å². The predicted octanol–water partition coefficient (Wildman–Crippen LogP) is 4.10. The molecule has 4 heteroatoms. The van der Waals surface area contributed by atoms with Gasteiger partial charge < -0.3 is 10.1 Å². The molecule has 0 saturated carbocycles. The Morgan fingerprint density at radius 2 is 1.81 bits per heavy atom. The van der Waals surface area contributed by atoms with Crippen LogP contribution >= 0.6 is 0 Å². The molecule has 1 heterocycles. The highest BCUT2D eigenvalue weighted by atomic mass is 16.5. The summed E-state index contributed by atoms with van der Waals surface area (Å²) in [6.45, 7) is 2.06. The maximum absolute atomic E-state index is 13.3. The molecule has 0 radical (unpaired) electrons. The van der Waals surface area contributed by atoms with Gasteiger partial charge in [0, 0.05) is 11.4 Å². The normalized spacial score (nSPS) is 21.7. The Hall–Kier alpha value is -3.01. The van der Waals surface area contributed by atoms with Crippen LogP contribution in [-0.4, -0.2) is 13.0 Å². The van der Waals surface area contributed by atoms with E-state index >= 15 is 0 Å². The Morgan fingerprint density at radius 1 is 1.08 bits per heavy atom. The molecule has 2 aliphatic rings. The van der Waals surface area contributed by atoms with Crippen molar-refractivity contribution < 1.29 is 9.53 Å². The number of hydrogen-bond donors (Lipinski definition) is 1. The summed E-state index contributed by atoms with van der Waals surface area (Å²) in [6.07, 6.45) is 6.57. The number of amides is 1. The third-order valence-corrected chi connectivity index (χ3v) is 5.00. The molecular weight excluding hydrogens is 324 g/mol. The molecule has 2 atom stereocenters. The minimum Gasteiger partial charge on any atom is -0.497 e. The average Bonchev–Trinajstić information content (AvgIpc) is 2.69. The van der Waals surface area contributed by atoms with E-state index in [-0.39, 0.29) is 18.0 Å². The van der Waals surface area contributed by atoms with Crippen molar-refractivity contribution >= 4 is 11.6 Å². The number of rotatable bonds is 3. The van der Waals surface area contributed by atoms with Crippen LogP contribution in [0.3, 0.4) is 0 Å². The van der Waals surface area contributed by atoms with E-state index in [0.717, 1.165) is 29.1 Å². The van der Waals surface area contributed by atoms with Crippen molar-refractivity contribution in [2.24, 2.45) is 5.92 Å². The van der Waals surface area contributed by atoms with Gasteiger partial charge in [0.05, 0.1) is 13.0 Å². The van der Waals surface area contributed by atoms with E-state index in [1.165, 1.54) is 5.56 Å². The molecule has 2 aromatic carbocycles. The van der Waals surface area contributed by atoms with E-state index in [0.29, 0.717) is 0 Å². The van der Waals surface area contributed by atoms with E-state index in [2.05, 4.69) is 36.5 Å². The van der Waals surface area contributed by atoms with Crippen LogP contribution in [0.25, 0.3) is 0 Å². The number of aryl methyl sites for hydroxylation is 1. The Kier molecular flexibility index (Phi) is 4.25. The summed E-state index contributed by atoms with van der Waals surface area (Å²) >= 11 is 0. The molecular formula is C22H22N2O2. The maximum atomic E-state index is 13.3. The molecule has 1 saturated heterocycles. The van der Waals surface area contributed by atoms with E-state index < -0.39 is 0 Å². The number of nitrogens with one attached hydrogen (secondary N) is 1. The number of ether oxygens (including phenoxy) is 1. The first-order valence-corrected chi connectivity index (χ1v) is 8.84. The molecule has 0 spiro atoms. The van der Waals surface area contributed by atoms with Crippen LogP contribution in [0, 0.1) is 12.8 Å². The van der Waals surface area contributed by atoms with Crippen LogP contribution < -0.4 is 15.0 Å². The fourth-order valence-corrected chi connectivity index (χ4v) is 3.53. The van der Waals surface area contributed by atoms with Gasteiger partial charge in [-0.3, -0.25) is 9.69 Å². The van der Waals surface area contributed by atoms with Crippen molar-refractivity contribution in [3.63, 3.8) is 0 Å². The molecule has 0 aromatic heterocycles. The quantitative estimate of drug-likeness (QED) is 0.910. The zero-order valence-electron chi connectivity index (χ0n) is 15.0. The number of anilines is 1. The second kappa shape index (κ2) is 6.71. The highest BCUT2D eigenvalue weighted by molar-refractivity contribution is 5.99. The van der Waals surface area contributed by atoms with E-state index in [1.807, 2.05) is 47.4 Å². The molecule has 4 rings (SSSR count). The van der Waals surface area contributed by atoms with Crippen LogP contribution in [-0.2, 0) is 4.79 Å². The molecule has 2 aromatic rings. The molecule has 26 heavy (non-hydrogen) atoms. The Labute approximate surface area is 153 Å². The summed E-state index contributed by atoms with van der Waals surface area (Å²) in [5.74, 6) is 0.748. The lowest BCUT2D eigenvalue weighted by Gasteiger charge is -2.42. The lowest BCUT2D eigenvalue weighted by molar-refractivity contribution is -0.123. The summed E-state index contributed by atoms with van der Waals surface area (Å²) < 4.78 is 5.26. The summed E-state index contributed by atoms with van der Waals surface area (Å²) in [7, 11) is 1.64. The topological polar surface area (TPSA) is 41.6 Å². The summed E-state index contributed by atoms with van der Waals surface area (Å²) in [5, 5.41) is 3.58. The lowest BCUT2D eigenvalue weighted by Crippen LogP contribution is -2.52. The summed E-state index contributed by atoms with van der Waals surface area (Å²) in [6, 6.07) is 16.0. The summed E-state index contributed by atoms with van der Waals surface area (Å²) in [5.41, 5.74) is 4.12. The van der Waals surface area contributed by atoms with Gasteiger partial charge in [0.25, 0.3) is 0 Å². The van der Waals surface area contributed by atoms with Crippen molar-refractivity contribution in [3.8, 4) is 5.75 Å². The van der Waals surface area contributed by atoms with Crippen LogP contribution in [0.15, 0.2) is 72.5 Å². The molecule has 1 amide bonds. The number of carbonyl (C=O) groups is 1. The van der Waals surface area contributed by atoms with Gasteiger partial charge in [0.1, 0.15) is 11.9 Å². The van der Waals surface area contributed by atoms with Gasteiger partial charge in [-0.15, -0.1) is 0 Å². The van der Waals surface area contributed by atoms with Crippen molar-refractivity contribution in [2.75, 3.05) is 12.0 Å². The first-order chi connectivity index (χ1) is 12.7. The third kappa shape index (κ3) is 2.88. The SMILES string of the molecule is COc1ccc(N2C(=O)C3CC=CC=C3NC2c2ccc(C)cc2)cc1. The fourth-order valence-electron chi connectivity index (χ4n) is 3.53. The molecule has 1 N–H and O–H groups in total. The maximum Gasteiger partial charge on any atom is 0.238 e. The zero-order valence-corrected chi connectivity index (χ0v) is 15.0. The summed E-state index contributed by atoms with van der Waals surface area (Å²) in [4.78, 5) is 15.2. The van der Waals surface area contributed by atoms with Gasteiger partial charge in [-0.2, -0.15) is 0 Å². The Morgan fingerprint density at radius 3 is 2.50 bits per heavy atom. The highest BCUT2D eigenvalue weighted by Gasteiger charge is 2.39. The fraction of sp³-hybridized carbons (Fsp3) is 0.227. The van der Waals surface area contributed by atoms with Crippen LogP contribution in [0.4, 0.5) is 5.69 Å². The molecule has 2 unspecified atom stereocenters. The van der Waals surface area contributed by atoms with Gasteiger partial charge in [-0.05, 0) is 49.2 Å². The monoisotopic (exact) mass is 346 g/mol. The minimum absolute atomic E-state index is 0.120. The van der Waals surface area contributed by atoms with Gasteiger partial charge in [0.15, 0.2) is 0 Å². The molecule has 4 nitrogen and oxygen atoms in total. The number of allylic oxidation sites excluding steroid dienone is 3. The number of methoxy groups -OCH3 is 1. The van der Waals surface area contributed by atoms with E-state index in [4.69, 9.17) is 4.74 Å². The number of fused-ring (bicyclic) bond motifs is 1. The Balaban J connectivity index is 1.77. The van der Waals surface area contributed by atoms with Crippen molar-refractivity contribution in [1.82, 2.24) is 5.32 Å². The smallest absolute Gasteiger partial charge is 0.238 e. The van der Waals surface area contributed by atoms with E-state index in [9.17, 15) is 4.79 Å². The molecule has 132 valence electrons. The Bertz CT molecular complexity index is 866. The minimum atomic E-state index is -0.231. The zero-order chi connectivity index (χ0) is 18.1.